The Kier molecular flexibility index (Phi) is 4.71. The van der Waals surface area contributed by atoms with Gasteiger partial charge in [0.05, 0.1) is 6.07 Å². The van der Waals surface area contributed by atoms with Crippen LogP contribution in [0.15, 0.2) is 24.3 Å². The van der Waals surface area contributed by atoms with Crippen LogP contribution >= 0.6 is 0 Å². The van der Waals surface area contributed by atoms with Crippen LogP contribution in [0.25, 0.3) is 0 Å². The highest BCUT2D eigenvalue weighted by Crippen LogP contribution is 2.15. The highest BCUT2D eigenvalue weighted by molar-refractivity contribution is 5.94. The third kappa shape index (κ3) is 3.60. The van der Waals surface area contributed by atoms with E-state index in [9.17, 15) is 4.79 Å². The number of anilines is 1. The second-order valence-electron chi connectivity index (χ2n) is 4.39. The molecule has 0 fully saturated rings. The largest absolute Gasteiger partial charge is 0.325 e. The number of benzene rings is 1. The third-order valence-corrected chi connectivity index (χ3v) is 2.69. The van der Waals surface area contributed by atoms with Gasteiger partial charge < -0.3 is 5.32 Å². The van der Waals surface area contributed by atoms with E-state index in [1.807, 2.05) is 44.2 Å². The molecule has 1 rings (SSSR count). The van der Waals surface area contributed by atoms with E-state index in [1.165, 1.54) is 5.56 Å². The maximum atomic E-state index is 11.9. The first-order valence-electron chi connectivity index (χ1n) is 5.88. The van der Waals surface area contributed by atoms with Gasteiger partial charge >= 0.3 is 0 Å². The maximum Gasteiger partial charge on any atom is 0.241 e. The normalized spacial score (nSPS) is 11.9. The fourth-order valence-electron chi connectivity index (χ4n) is 1.60. The first-order chi connectivity index (χ1) is 8.08. The lowest BCUT2D eigenvalue weighted by molar-refractivity contribution is -0.119. The van der Waals surface area contributed by atoms with Crippen LogP contribution in [-0.2, 0) is 11.2 Å². The number of hydrogen-bond donors (Lipinski definition) is 1. The summed E-state index contributed by atoms with van der Waals surface area (Å²) in [7, 11) is 0. The number of nitriles is 1. The summed E-state index contributed by atoms with van der Waals surface area (Å²) in [6.07, 6.45) is 0.926. The van der Waals surface area contributed by atoms with E-state index >= 15 is 0 Å². The molecule has 3 heteroatoms. The zero-order valence-corrected chi connectivity index (χ0v) is 10.5. The average Bonchev–Trinajstić information content (AvgIpc) is 2.29. The van der Waals surface area contributed by atoms with Crippen LogP contribution in [0.3, 0.4) is 0 Å². The standard InChI is InChI=1S/C14H18N2O/c1-4-11-6-5-7-12(8-11)16-14(17)13(9-15)10(2)3/h5-8,10,13H,4H2,1-3H3,(H,16,17). The molecule has 1 unspecified atom stereocenters. The van der Waals surface area contributed by atoms with Gasteiger partial charge in [-0.3, -0.25) is 4.79 Å². The van der Waals surface area contributed by atoms with E-state index in [0.29, 0.717) is 0 Å². The Bertz CT molecular complexity index is 432. The minimum absolute atomic E-state index is 0.0226. The lowest BCUT2D eigenvalue weighted by Gasteiger charge is -2.13. The van der Waals surface area contributed by atoms with E-state index in [2.05, 4.69) is 12.2 Å². The number of aryl methyl sites for hydroxylation is 1. The van der Waals surface area contributed by atoms with Crippen molar-refractivity contribution in [1.82, 2.24) is 0 Å². The van der Waals surface area contributed by atoms with Crippen molar-refractivity contribution in [2.24, 2.45) is 11.8 Å². The second kappa shape index (κ2) is 6.05. The highest BCUT2D eigenvalue weighted by Gasteiger charge is 2.21. The number of nitrogens with zero attached hydrogens (tertiary/aromatic N) is 1. The molecule has 0 aliphatic rings. The summed E-state index contributed by atoms with van der Waals surface area (Å²) < 4.78 is 0. The monoisotopic (exact) mass is 230 g/mol. The van der Waals surface area contributed by atoms with E-state index in [0.717, 1.165) is 12.1 Å². The van der Waals surface area contributed by atoms with Gasteiger partial charge in [-0.1, -0.05) is 32.9 Å². The van der Waals surface area contributed by atoms with Crippen LogP contribution in [0.4, 0.5) is 5.69 Å². The summed E-state index contributed by atoms with van der Waals surface area (Å²) >= 11 is 0. The van der Waals surface area contributed by atoms with E-state index in [-0.39, 0.29) is 11.8 Å². The molecule has 0 aliphatic heterocycles. The molecule has 90 valence electrons. The molecule has 0 aromatic heterocycles. The Balaban J connectivity index is 2.77. The zero-order chi connectivity index (χ0) is 12.8. The van der Waals surface area contributed by atoms with Gasteiger partial charge in [-0.2, -0.15) is 5.26 Å². The molecule has 1 aromatic carbocycles. The SMILES string of the molecule is CCc1cccc(NC(=O)C(C#N)C(C)C)c1. The summed E-state index contributed by atoms with van der Waals surface area (Å²) in [5.74, 6) is -0.801. The molecule has 0 aliphatic carbocycles. The number of carbonyl (C=O) groups is 1. The number of carbonyl (C=O) groups excluding carboxylic acids is 1. The fraction of sp³-hybridized carbons (Fsp3) is 0.429. The molecule has 0 bridgehead atoms. The molecule has 1 aromatic rings. The van der Waals surface area contributed by atoms with E-state index < -0.39 is 5.92 Å². The van der Waals surface area contributed by atoms with E-state index in [4.69, 9.17) is 5.26 Å². The molecule has 0 heterocycles. The van der Waals surface area contributed by atoms with Crippen LogP contribution in [0.5, 0.6) is 0 Å². The summed E-state index contributed by atoms with van der Waals surface area (Å²) in [4.78, 5) is 11.9. The fourth-order valence-corrected chi connectivity index (χ4v) is 1.60. The van der Waals surface area contributed by atoms with Gasteiger partial charge in [0.1, 0.15) is 5.92 Å². The van der Waals surface area contributed by atoms with Gasteiger partial charge in [-0.15, -0.1) is 0 Å². The third-order valence-electron chi connectivity index (χ3n) is 2.69. The van der Waals surface area contributed by atoms with Crippen molar-refractivity contribution < 1.29 is 4.79 Å². The Hall–Kier alpha value is -1.82. The number of nitrogens with one attached hydrogen (secondary N) is 1. The number of hydrogen-bond acceptors (Lipinski definition) is 2. The molecule has 3 nitrogen and oxygen atoms in total. The van der Waals surface area contributed by atoms with Crippen molar-refractivity contribution in [3.63, 3.8) is 0 Å². The minimum atomic E-state index is -0.597. The topological polar surface area (TPSA) is 52.9 Å². The molecular weight excluding hydrogens is 212 g/mol. The van der Waals surface area contributed by atoms with Crippen LogP contribution in [0, 0.1) is 23.2 Å². The maximum absolute atomic E-state index is 11.9. The number of amides is 1. The van der Waals surface area contributed by atoms with Crippen molar-refractivity contribution in [3.8, 4) is 6.07 Å². The summed E-state index contributed by atoms with van der Waals surface area (Å²) in [6, 6.07) is 9.74. The molecular formula is C14H18N2O. The lowest BCUT2D eigenvalue weighted by Crippen LogP contribution is -2.25. The van der Waals surface area contributed by atoms with Gasteiger partial charge in [0, 0.05) is 5.69 Å². The summed E-state index contributed by atoms with van der Waals surface area (Å²) in [6.45, 7) is 5.80. The van der Waals surface area contributed by atoms with Crippen molar-refractivity contribution >= 4 is 11.6 Å². The predicted octanol–water partition coefficient (Wildman–Crippen LogP) is 2.98. The van der Waals surface area contributed by atoms with Crippen molar-refractivity contribution in [1.29, 1.82) is 5.26 Å². The molecule has 0 saturated heterocycles. The van der Waals surface area contributed by atoms with Gasteiger partial charge in [0.25, 0.3) is 0 Å². The Morgan fingerprint density at radius 3 is 2.71 bits per heavy atom. The van der Waals surface area contributed by atoms with Crippen molar-refractivity contribution in [2.75, 3.05) is 5.32 Å². The van der Waals surface area contributed by atoms with Crippen LogP contribution in [0.2, 0.25) is 0 Å². The Labute approximate surface area is 102 Å². The second-order valence-corrected chi connectivity index (χ2v) is 4.39. The highest BCUT2D eigenvalue weighted by atomic mass is 16.1. The minimum Gasteiger partial charge on any atom is -0.325 e. The lowest BCUT2D eigenvalue weighted by atomic mass is 9.96. The summed E-state index contributed by atoms with van der Waals surface area (Å²) in [5.41, 5.74) is 1.93. The molecule has 0 spiro atoms. The van der Waals surface area contributed by atoms with Crippen molar-refractivity contribution in [2.45, 2.75) is 27.2 Å². The van der Waals surface area contributed by atoms with Gasteiger partial charge in [0.15, 0.2) is 0 Å². The van der Waals surface area contributed by atoms with Gasteiger partial charge in [-0.25, -0.2) is 0 Å². The van der Waals surface area contributed by atoms with Gasteiger partial charge in [0.2, 0.25) is 5.91 Å². The zero-order valence-electron chi connectivity index (χ0n) is 10.5. The molecule has 1 N–H and O–H groups in total. The van der Waals surface area contributed by atoms with Crippen LogP contribution in [-0.4, -0.2) is 5.91 Å². The first kappa shape index (κ1) is 13.2. The molecule has 0 radical (unpaired) electrons. The predicted molar refractivity (Wildman–Crippen MR) is 68.4 cm³/mol. The Morgan fingerprint density at radius 1 is 1.47 bits per heavy atom. The average molecular weight is 230 g/mol. The smallest absolute Gasteiger partial charge is 0.241 e. The first-order valence-corrected chi connectivity index (χ1v) is 5.88. The molecule has 1 amide bonds. The van der Waals surface area contributed by atoms with E-state index in [1.54, 1.807) is 0 Å². The number of rotatable bonds is 4. The van der Waals surface area contributed by atoms with Crippen LogP contribution in [0.1, 0.15) is 26.3 Å². The van der Waals surface area contributed by atoms with Crippen LogP contribution < -0.4 is 5.32 Å². The molecule has 1 atom stereocenters. The van der Waals surface area contributed by atoms with Gasteiger partial charge in [-0.05, 0) is 30.0 Å². The Morgan fingerprint density at radius 2 is 2.18 bits per heavy atom. The molecule has 0 saturated carbocycles. The summed E-state index contributed by atoms with van der Waals surface area (Å²) in [5, 5.41) is 11.7. The van der Waals surface area contributed by atoms with Crippen molar-refractivity contribution in [3.05, 3.63) is 29.8 Å². The quantitative estimate of drug-likeness (QED) is 0.864. The molecule has 17 heavy (non-hydrogen) atoms.